The Morgan fingerprint density at radius 3 is 2.71 bits per heavy atom. The number of amides is 1. The summed E-state index contributed by atoms with van der Waals surface area (Å²) in [6.07, 6.45) is 7.14. The Morgan fingerprint density at radius 2 is 2.05 bits per heavy atom. The summed E-state index contributed by atoms with van der Waals surface area (Å²) in [4.78, 5) is 15.6. The highest BCUT2D eigenvalue weighted by Gasteiger charge is 2.23. The van der Waals surface area contributed by atoms with E-state index in [2.05, 4.69) is 28.3 Å². The van der Waals surface area contributed by atoms with Crippen LogP contribution in [0.1, 0.15) is 12.8 Å². The number of hydrogen-bond donors (Lipinski definition) is 1. The summed E-state index contributed by atoms with van der Waals surface area (Å²) in [5.74, 6) is 3.92. The van der Waals surface area contributed by atoms with Crippen molar-refractivity contribution in [3.63, 3.8) is 0 Å². The van der Waals surface area contributed by atoms with E-state index in [4.69, 9.17) is 6.42 Å². The fourth-order valence-corrected chi connectivity index (χ4v) is 3.28. The number of nitrogens with one attached hydrogen (secondary N) is 1. The van der Waals surface area contributed by atoms with Crippen LogP contribution in [0.15, 0.2) is 35.2 Å². The van der Waals surface area contributed by atoms with Crippen molar-refractivity contribution in [1.82, 2.24) is 10.2 Å². The predicted octanol–water partition coefficient (Wildman–Crippen LogP) is 2.24. The van der Waals surface area contributed by atoms with Crippen LogP contribution in [0.5, 0.6) is 0 Å². The van der Waals surface area contributed by atoms with Gasteiger partial charge in [0.15, 0.2) is 0 Å². The first-order chi connectivity index (χ1) is 10.3. The van der Waals surface area contributed by atoms with E-state index < -0.39 is 0 Å². The number of hydrogen-bond acceptors (Lipinski definition) is 3. The minimum atomic E-state index is 0.153. The second-order valence-corrected chi connectivity index (χ2v) is 6.38. The fraction of sp³-hybridized carbons (Fsp3) is 0.471. The van der Waals surface area contributed by atoms with E-state index in [-0.39, 0.29) is 11.8 Å². The minimum absolute atomic E-state index is 0.153. The van der Waals surface area contributed by atoms with Gasteiger partial charge in [-0.2, -0.15) is 0 Å². The maximum atomic E-state index is 12.1. The van der Waals surface area contributed by atoms with Crippen molar-refractivity contribution >= 4 is 17.7 Å². The van der Waals surface area contributed by atoms with Crippen LogP contribution < -0.4 is 5.32 Å². The number of thioether (sulfide) groups is 1. The van der Waals surface area contributed by atoms with Crippen LogP contribution >= 0.6 is 11.8 Å². The SMILES string of the molecule is C#CCN1CCC(C(=O)NCCSc2ccccc2)CC1. The van der Waals surface area contributed by atoms with Crippen LogP contribution in [0.3, 0.4) is 0 Å². The van der Waals surface area contributed by atoms with Gasteiger partial charge < -0.3 is 5.32 Å². The molecule has 1 fully saturated rings. The van der Waals surface area contributed by atoms with Crippen LogP contribution in [0.25, 0.3) is 0 Å². The van der Waals surface area contributed by atoms with Crippen molar-refractivity contribution in [2.75, 3.05) is 31.9 Å². The molecule has 3 nitrogen and oxygen atoms in total. The van der Waals surface area contributed by atoms with Gasteiger partial charge in [0.1, 0.15) is 0 Å². The normalized spacial score (nSPS) is 16.3. The molecule has 1 aliphatic rings. The third-order valence-electron chi connectivity index (χ3n) is 3.69. The predicted molar refractivity (Wildman–Crippen MR) is 88.2 cm³/mol. The molecule has 1 aromatic carbocycles. The van der Waals surface area contributed by atoms with Crippen molar-refractivity contribution in [2.24, 2.45) is 5.92 Å². The van der Waals surface area contributed by atoms with E-state index in [0.717, 1.165) is 38.2 Å². The molecule has 1 aromatic rings. The smallest absolute Gasteiger partial charge is 0.223 e. The van der Waals surface area contributed by atoms with Gasteiger partial charge in [-0.15, -0.1) is 18.2 Å². The third-order valence-corrected chi connectivity index (χ3v) is 4.70. The van der Waals surface area contributed by atoms with Gasteiger partial charge in [0.05, 0.1) is 6.54 Å². The zero-order chi connectivity index (χ0) is 14.9. The highest BCUT2D eigenvalue weighted by atomic mass is 32.2. The quantitative estimate of drug-likeness (QED) is 0.497. The Hall–Kier alpha value is -1.44. The summed E-state index contributed by atoms with van der Waals surface area (Å²) in [5.41, 5.74) is 0. The Balaban J connectivity index is 1.61. The number of nitrogens with zero attached hydrogens (tertiary/aromatic N) is 1. The van der Waals surface area contributed by atoms with Crippen LogP contribution in [-0.4, -0.2) is 42.7 Å². The molecule has 0 spiro atoms. The van der Waals surface area contributed by atoms with Crippen molar-refractivity contribution in [1.29, 1.82) is 0 Å². The molecule has 1 amide bonds. The molecule has 1 aliphatic heterocycles. The molecule has 0 aromatic heterocycles. The van der Waals surface area contributed by atoms with Crippen LogP contribution in [0.2, 0.25) is 0 Å². The first-order valence-electron chi connectivity index (χ1n) is 7.41. The van der Waals surface area contributed by atoms with E-state index >= 15 is 0 Å². The molecule has 112 valence electrons. The molecule has 0 atom stereocenters. The van der Waals surface area contributed by atoms with E-state index in [1.54, 1.807) is 11.8 Å². The average molecular weight is 302 g/mol. The standard InChI is InChI=1S/C17H22N2OS/c1-2-11-19-12-8-15(9-13-19)17(20)18-10-14-21-16-6-4-3-5-7-16/h1,3-7,15H,8-14H2,(H,18,20). The van der Waals surface area contributed by atoms with Crippen molar-refractivity contribution in [2.45, 2.75) is 17.7 Å². The lowest BCUT2D eigenvalue weighted by atomic mass is 9.96. The van der Waals surface area contributed by atoms with Gasteiger partial charge in [-0.25, -0.2) is 0 Å². The number of carbonyl (C=O) groups is 1. The lowest BCUT2D eigenvalue weighted by Crippen LogP contribution is -2.41. The Morgan fingerprint density at radius 1 is 1.33 bits per heavy atom. The van der Waals surface area contributed by atoms with Crippen LogP contribution in [0.4, 0.5) is 0 Å². The number of piperidine rings is 1. The molecule has 1 saturated heterocycles. The second-order valence-electron chi connectivity index (χ2n) is 5.21. The topological polar surface area (TPSA) is 32.3 Å². The number of benzene rings is 1. The largest absolute Gasteiger partial charge is 0.355 e. The lowest BCUT2D eigenvalue weighted by molar-refractivity contribution is -0.126. The number of likely N-dealkylation sites (tertiary alicyclic amines) is 1. The zero-order valence-corrected chi connectivity index (χ0v) is 13.1. The molecule has 21 heavy (non-hydrogen) atoms. The van der Waals surface area contributed by atoms with Gasteiger partial charge in [-0.1, -0.05) is 24.1 Å². The Bertz CT molecular complexity index is 475. The molecule has 1 heterocycles. The molecule has 1 N–H and O–H groups in total. The highest BCUT2D eigenvalue weighted by molar-refractivity contribution is 7.99. The lowest BCUT2D eigenvalue weighted by Gasteiger charge is -2.29. The van der Waals surface area contributed by atoms with Crippen molar-refractivity contribution in [3.8, 4) is 12.3 Å². The fourth-order valence-electron chi connectivity index (χ4n) is 2.49. The summed E-state index contributed by atoms with van der Waals surface area (Å²) < 4.78 is 0. The monoisotopic (exact) mass is 302 g/mol. The van der Waals surface area contributed by atoms with Gasteiger partial charge in [0.2, 0.25) is 5.91 Å². The molecule has 2 rings (SSSR count). The molecule has 0 radical (unpaired) electrons. The maximum absolute atomic E-state index is 12.1. The van der Waals surface area contributed by atoms with Gasteiger partial charge >= 0.3 is 0 Å². The van der Waals surface area contributed by atoms with Gasteiger partial charge in [0.25, 0.3) is 0 Å². The van der Waals surface area contributed by atoms with E-state index in [1.807, 2.05) is 18.2 Å². The highest BCUT2D eigenvalue weighted by Crippen LogP contribution is 2.18. The molecule has 4 heteroatoms. The molecule has 0 unspecified atom stereocenters. The molecule has 0 bridgehead atoms. The number of rotatable bonds is 6. The average Bonchev–Trinajstić information content (AvgIpc) is 2.53. The minimum Gasteiger partial charge on any atom is -0.355 e. The van der Waals surface area contributed by atoms with Crippen LogP contribution in [-0.2, 0) is 4.79 Å². The molecule has 0 aliphatic carbocycles. The summed E-state index contributed by atoms with van der Waals surface area (Å²) in [7, 11) is 0. The van der Waals surface area contributed by atoms with E-state index in [1.165, 1.54) is 4.90 Å². The van der Waals surface area contributed by atoms with E-state index in [0.29, 0.717) is 6.54 Å². The first kappa shape index (κ1) is 15.9. The zero-order valence-electron chi connectivity index (χ0n) is 12.3. The van der Waals surface area contributed by atoms with Gasteiger partial charge in [-0.05, 0) is 38.1 Å². The van der Waals surface area contributed by atoms with Crippen molar-refractivity contribution < 1.29 is 4.79 Å². The van der Waals surface area contributed by atoms with Crippen LogP contribution in [0, 0.1) is 18.3 Å². The first-order valence-corrected chi connectivity index (χ1v) is 8.39. The van der Waals surface area contributed by atoms with E-state index in [9.17, 15) is 4.79 Å². The van der Waals surface area contributed by atoms with Crippen molar-refractivity contribution in [3.05, 3.63) is 30.3 Å². The number of carbonyl (C=O) groups excluding carboxylic acids is 1. The summed E-state index contributed by atoms with van der Waals surface area (Å²) in [6.45, 7) is 3.28. The second kappa shape index (κ2) is 8.76. The molecular formula is C17H22N2OS. The summed E-state index contributed by atoms with van der Waals surface area (Å²) in [6, 6.07) is 10.3. The third kappa shape index (κ3) is 5.45. The summed E-state index contributed by atoms with van der Waals surface area (Å²) >= 11 is 1.77. The molecular weight excluding hydrogens is 280 g/mol. The Kier molecular flexibility index (Phi) is 6.65. The Labute approximate surface area is 131 Å². The van der Waals surface area contributed by atoms with Gasteiger partial charge in [0, 0.05) is 23.1 Å². The summed E-state index contributed by atoms with van der Waals surface area (Å²) in [5, 5.41) is 3.05. The maximum Gasteiger partial charge on any atom is 0.223 e. The molecule has 0 saturated carbocycles. The number of terminal acetylenes is 1. The van der Waals surface area contributed by atoms with Gasteiger partial charge in [-0.3, -0.25) is 9.69 Å².